The number of hydrogen-bond acceptors (Lipinski definition) is 6. The number of carbonyl (C=O) groups is 1. The lowest BCUT2D eigenvalue weighted by Gasteiger charge is -2.60. The molecule has 3 fully saturated rings. The first-order valence-corrected chi connectivity index (χ1v) is 12.5. The summed E-state index contributed by atoms with van der Waals surface area (Å²) in [6.45, 7) is 8.67. The van der Waals surface area contributed by atoms with E-state index in [0.717, 1.165) is 50.6 Å². The van der Waals surface area contributed by atoms with E-state index in [-0.39, 0.29) is 11.3 Å². The molecule has 0 unspecified atom stereocenters. The molecule has 3 atom stereocenters. The number of hydrogen-bond donors (Lipinski definition) is 0. The van der Waals surface area contributed by atoms with Crippen LogP contribution in [0.1, 0.15) is 65.7 Å². The quantitative estimate of drug-likeness (QED) is 0.443. The number of ketones is 1. The van der Waals surface area contributed by atoms with Gasteiger partial charge in [-0.2, -0.15) is 0 Å². The van der Waals surface area contributed by atoms with Crippen molar-refractivity contribution >= 4 is 28.5 Å². The van der Waals surface area contributed by atoms with Gasteiger partial charge in [0, 0.05) is 30.2 Å². The second-order valence-corrected chi connectivity index (χ2v) is 10.8. The maximum absolute atomic E-state index is 13.3. The lowest BCUT2D eigenvalue weighted by atomic mass is 9.48. The van der Waals surface area contributed by atoms with Gasteiger partial charge in [0.1, 0.15) is 17.6 Å². The van der Waals surface area contributed by atoms with Crippen LogP contribution in [0.3, 0.4) is 0 Å². The zero-order valence-corrected chi connectivity index (χ0v) is 20.5. The van der Waals surface area contributed by atoms with Crippen molar-refractivity contribution in [3.63, 3.8) is 0 Å². The summed E-state index contributed by atoms with van der Waals surface area (Å²) in [6, 6.07) is 0. The Balaban J connectivity index is 1.33. The molecule has 5 rings (SSSR count). The predicted molar refractivity (Wildman–Crippen MR) is 126 cm³/mol. The van der Waals surface area contributed by atoms with Crippen molar-refractivity contribution in [3.05, 3.63) is 29.5 Å². The fourth-order valence-corrected chi connectivity index (χ4v) is 6.90. The number of rotatable bonds is 5. The van der Waals surface area contributed by atoms with Crippen molar-refractivity contribution in [2.75, 3.05) is 13.2 Å². The summed E-state index contributed by atoms with van der Waals surface area (Å²) in [5.74, 6) is 0.129. The summed E-state index contributed by atoms with van der Waals surface area (Å²) in [4.78, 5) is 25.9. The van der Waals surface area contributed by atoms with E-state index in [2.05, 4.69) is 41.8 Å². The summed E-state index contributed by atoms with van der Waals surface area (Å²) in [7, 11) is 0. The molecule has 0 N–H and O–H groups in total. The Morgan fingerprint density at radius 3 is 2.82 bits per heavy atom. The average Bonchev–Trinajstić information content (AvgIpc) is 3.44. The number of ether oxygens (including phenoxy) is 2. The minimum atomic E-state index is -0.513. The molecule has 1 aliphatic heterocycles. The van der Waals surface area contributed by atoms with Crippen LogP contribution >= 0.6 is 11.6 Å². The van der Waals surface area contributed by atoms with Crippen molar-refractivity contribution < 1.29 is 14.3 Å². The highest BCUT2D eigenvalue weighted by Crippen LogP contribution is 2.63. The Kier molecular flexibility index (Phi) is 5.86. The van der Waals surface area contributed by atoms with Gasteiger partial charge < -0.3 is 14.0 Å². The third-order valence-corrected chi connectivity index (χ3v) is 8.93. The van der Waals surface area contributed by atoms with Crippen molar-refractivity contribution in [1.29, 1.82) is 0 Å². The maximum atomic E-state index is 13.3. The Labute approximate surface area is 199 Å². The molecular weight excluding hydrogens is 440 g/mol. The minimum absolute atomic E-state index is 0.126. The minimum Gasteiger partial charge on any atom is -0.347 e. The standard InChI is InChI=1S/C25H33ClN4O3/c1-17(8-12-30-16-29-22-20(30)21(26)27-15-28-22)6-10-23(2)18-5-4-9-25(32-13-14-33-25)24(18,3)11-7-19(23)31/h6,15-16,18H,4-5,7-14H2,1-3H3/b17-6+/t18-,23-,24-/m1/s1. The third kappa shape index (κ3) is 3.63. The molecular formula is C25H33ClN4O3. The van der Waals surface area contributed by atoms with E-state index in [4.69, 9.17) is 21.1 Å². The topological polar surface area (TPSA) is 79.1 Å². The van der Waals surface area contributed by atoms with E-state index >= 15 is 0 Å². The molecule has 8 heteroatoms. The number of carbonyl (C=O) groups excluding carboxylic acids is 1. The van der Waals surface area contributed by atoms with Gasteiger partial charge in [0.25, 0.3) is 0 Å². The van der Waals surface area contributed by atoms with E-state index in [0.29, 0.717) is 36.2 Å². The second-order valence-electron chi connectivity index (χ2n) is 10.4. The van der Waals surface area contributed by atoms with Crippen LogP contribution in [-0.4, -0.2) is 44.3 Å². The van der Waals surface area contributed by atoms with E-state index in [9.17, 15) is 4.79 Å². The number of aromatic nitrogens is 4. The molecule has 33 heavy (non-hydrogen) atoms. The average molecular weight is 473 g/mol. The molecule has 0 bridgehead atoms. The lowest BCUT2D eigenvalue weighted by molar-refractivity contribution is -0.286. The van der Waals surface area contributed by atoms with E-state index in [1.807, 2.05) is 4.57 Å². The molecule has 3 aliphatic rings. The van der Waals surface area contributed by atoms with E-state index in [1.54, 1.807) is 6.33 Å². The number of fused-ring (bicyclic) bond motifs is 3. The number of allylic oxidation sites excluding steroid dienone is 2. The summed E-state index contributed by atoms with van der Waals surface area (Å²) in [6.07, 6.45) is 11.5. The first-order valence-electron chi connectivity index (χ1n) is 12.1. The Morgan fingerprint density at radius 1 is 1.24 bits per heavy atom. The van der Waals surface area contributed by atoms with E-state index < -0.39 is 11.2 Å². The molecule has 0 amide bonds. The fourth-order valence-electron chi connectivity index (χ4n) is 6.66. The molecule has 0 radical (unpaired) electrons. The highest BCUT2D eigenvalue weighted by Gasteiger charge is 2.65. The highest BCUT2D eigenvalue weighted by atomic mass is 35.5. The van der Waals surface area contributed by atoms with Gasteiger partial charge in [-0.3, -0.25) is 4.79 Å². The monoisotopic (exact) mass is 472 g/mol. The van der Waals surface area contributed by atoms with Crippen LogP contribution in [-0.2, 0) is 20.8 Å². The molecule has 2 aromatic heterocycles. The van der Waals surface area contributed by atoms with Crippen LogP contribution < -0.4 is 0 Å². The smallest absolute Gasteiger partial charge is 0.182 e. The van der Waals surface area contributed by atoms with E-state index in [1.165, 1.54) is 11.9 Å². The van der Waals surface area contributed by atoms with Gasteiger partial charge in [0.05, 0.1) is 19.5 Å². The Hall–Kier alpha value is -1.83. The van der Waals surface area contributed by atoms with Gasteiger partial charge in [0.15, 0.2) is 16.6 Å². The fraction of sp³-hybridized carbons (Fsp3) is 0.680. The largest absolute Gasteiger partial charge is 0.347 e. The summed E-state index contributed by atoms with van der Waals surface area (Å²) in [5, 5.41) is 0.418. The van der Waals surface area contributed by atoms with Gasteiger partial charge in [-0.1, -0.05) is 37.1 Å². The number of Topliss-reactive ketones (excluding diaryl/α,β-unsaturated/α-hetero) is 1. The van der Waals surface area contributed by atoms with Gasteiger partial charge in [-0.05, 0) is 44.9 Å². The van der Waals surface area contributed by atoms with Crippen molar-refractivity contribution in [1.82, 2.24) is 19.5 Å². The SMILES string of the molecule is C/C(=C\C[C@@]1(C)C(=O)CC[C@]2(C)[C@@H]1CCCC21OCCO1)CCn1cnc2ncnc(Cl)c21. The maximum Gasteiger partial charge on any atom is 0.182 e. The van der Waals surface area contributed by atoms with Crippen molar-refractivity contribution in [3.8, 4) is 0 Å². The number of nitrogens with zero attached hydrogens (tertiary/aromatic N) is 4. The molecule has 1 saturated heterocycles. The molecule has 1 spiro atoms. The molecule has 2 aromatic rings. The van der Waals surface area contributed by atoms with Gasteiger partial charge in [-0.15, -0.1) is 0 Å². The van der Waals surface area contributed by atoms with Crippen LogP contribution in [0.4, 0.5) is 0 Å². The van der Waals surface area contributed by atoms with Gasteiger partial charge >= 0.3 is 0 Å². The number of imidazole rings is 1. The zero-order chi connectivity index (χ0) is 23.3. The van der Waals surface area contributed by atoms with Gasteiger partial charge in [0.2, 0.25) is 0 Å². The summed E-state index contributed by atoms with van der Waals surface area (Å²) >= 11 is 6.26. The van der Waals surface area contributed by atoms with Crippen molar-refractivity contribution in [2.45, 2.75) is 78.0 Å². The first kappa shape index (κ1) is 22.9. The molecule has 2 aliphatic carbocycles. The molecule has 2 saturated carbocycles. The summed E-state index contributed by atoms with van der Waals surface area (Å²) in [5.41, 5.74) is 2.11. The summed E-state index contributed by atoms with van der Waals surface area (Å²) < 4.78 is 14.5. The van der Waals surface area contributed by atoms with Crippen LogP contribution in [0.2, 0.25) is 5.15 Å². The number of halogens is 1. The molecule has 3 heterocycles. The first-order chi connectivity index (χ1) is 15.8. The Morgan fingerprint density at radius 2 is 2.03 bits per heavy atom. The third-order valence-electron chi connectivity index (χ3n) is 8.66. The second kappa shape index (κ2) is 8.43. The molecule has 0 aromatic carbocycles. The zero-order valence-electron chi connectivity index (χ0n) is 19.8. The van der Waals surface area contributed by atoms with Crippen LogP contribution in [0, 0.1) is 16.7 Å². The van der Waals surface area contributed by atoms with Crippen molar-refractivity contribution in [2.24, 2.45) is 16.7 Å². The molecule has 178 valence electrons. The van der Waals surface area contributed by atoms with Crippen LogP contribution in [0.15, 0.2) is 24.3 Å². The number of aryl methyl sites for hydroxylation is 1. The van der Waals surface area contributed by atoms with Gasteiger partial charge in [-0.25, -0.2) is 15.0 Å². The van der Waals surface area contributed by atoms with Crippen LogP contribution in [0.25, 0.3) is 11.2 Å². The lowest BCUT2D eigenvalue weighted by Crippen LogP contribution is -2.62. The normalized spacial score (nSPS) is 31.9. The highest BCUT2D eigenvalue weighted by molar-refractivity contribution is 6.33. The van der Waals surface area contributed by atoms with Crippen LogP contribution in [0.5, 0.6) is 0 Å². The predicted octanol–water partition coefficient (Wildman–Crippen LogP) is 5.12. The molecule has 7 nitrogen and oxygen atoms in total. The Bertz CT molecular complexity index is 1090.